The number of carbonyl (C=O) groups is 1. The second-order valence-electron chi connectivity index (χ2n) is 8.15. The predicted octanol–water partition coefficient (Wildman–Crippen LogP) is 5.80. The second-order valence-corrected chi connectivity index (χ2v) is 8.58. The van der Waals surface area contributed by atoms with Crippen molar-refractivity contribution in [1.82, 2.24) is 9.88 Å². The fourth-order valence-corrected chi connectivity index (χ4v) is 4.10. The zero-order valence-corrected chi connectivity index (χ0v) is 19.7. The largest absolute Gasteiger partial charge is 0.433 e. The number of hydrogen-bond acceptors (Lipinski definition) is 4. The van der Waals surface area contributed by atoms with E-state index >= 15 is 0 Å². The lowest BCUT2D eigenvalue weighted by Crippen LogP contribution is -2.46. The van der Waals surface area contributed by atoms with Crippen molar-refractivity contribution < 1.29 is 23.1 Å². The molecule has 1 aromatic heterocycles. The van der Waals surface area contributed by atoms with Gasteiger partial charge in [-0.1, -0.05) is 29.8 Å². The molecule has 1 aliphatic heterocycles. The van der Waals surface area contributed by atoms with Crippen molar-refractivity contribution in [2.45, 2.75) is 25.7 Å². The van der Waals surface area contributed by atoms with Gasteiger partial charge in [-0.2, -0.15) is 18.4 Å². The Morgan fingerprint density at radius 1 is 1.06 bits per heavy atom. The summed E-state index contributed by atoms with van der Waals surface area (Å²) in [4.78, 5) is 20.4. The molecule has 0 saturated heterocycles. The highest BCUT2D eigenvalue weighted by Crippen LogP contribution is 2.36. The number of aromatic nitrogens is 1. The van der Waals surface area contributed by atoms with Gasteiger partial charge < -0.3 is 9.80 Å². The summed E-state index contributed by atoms with van der Waals surface area (Å²) in [5.74, 6) is -0.442. The van der Waals surface area contributed by atoms with E-state index in [1.54, 1.807) is 59.6 Å². The molecule has 1 radical (unpaired) electrons. The third-order valence-electron chi connectivity index (χ3n) is 5.86. The number of hydrogen-bond donors (Lipinski definition) is 0. The number of benzene rings is 2. The Labute approximate surface area is 210 Å². The highest BCUT2D eigenvalue weighted by Gasteiger charge is 2.38. The summed E-state index contributed by atoms with van der Waals surface area (Å²) in [5, 5.41) is 21.8. The van der Waals surface area contributed by atoms with Crippen LogP contribution in [0, 0.1) is 18.3 Å². The molecule has 0 fully saturated rings. The van der Waals surface area contributed by atoms with Crippen molar-refractivity contribution in [3.05, 3.63) is 106 Å². The molecule has 3 aromatic rings. The number of halogens is 4. The Morgan fingerprint density at radius 2 is 1.72 bits per heavy atom. The normalized spacial score (nSPS) is 16.1. The number of amides is 1. The number of alkyl halides is 3. The van der Waals surface area contributed by atoms with Gasteiger partial charge in [0, 0.05) is 22.6 Å². The van der Waals surface area contributed by atoms with E-state index in [9.17, 15) is 23.1 Å². The van der Waals surface area contributed by atoms with Crippen LogP contribution in [-0.4, -0.2) is 22.4 Å². The number of anilines is 1. The summed E-state index contributed by atoms with van der Waals surface area (Å²) in [6.07, 6.45) is -3.03. The fraction of sp³-hybridized carbons (Fsp3) is 0.192. The standard InChI is InChI=1S/C26H19ClF3N4O2/c1-16-19(6-11-23(32-16)26(28,29)30)13-34-22(15-35)14-33(21-9-7-20(27)8-10-21)24(25(34)36)18-4-2-17(12-31)3-5-18/h2-11,14,24H,13,15H2,1H3. The molecule has 36 heavy (non-hydrogen) atoms. The minimum absolute atomic E-state index is 0.109. The number of nitriles is 1. The summed E-state index contributed by atoms with van der Waals surface area (Å²) in [7, 11) is 0. The lowest BCUT2D eigenvalue weighted by atomic mass is 9.98. The van der Waals surface area contributed by atoms with Gasteiger partial charge in [0.2, 0.25) is 0 Å². The zero-order chi connectivity index (χ0) is 26.0. The van der Waals surface area contributed by atoms with Gasteiger partial charge in [-0.25, -0.2) is 10.1 Å². The van der Waals surface area contributed by atoms with Crippen LogP contribution >= 0.6 is 11.6 Å². The fourth-order valence-electron chi connectivity index (χ4n) is 3.97. The number of carbonyl (C=O) groups excluding carboxylic acids is 1. The van der Waals surface area contributed by atoms with Crippen LogP contribution in [0.2, 0.25) is 5.02 Å². The van der Waals surface area contributed by atoms with Crippen LogP contribution in [0.3, 0.4) is 0 Å². The van der Waals surface area contributed by atoms with Crippen molar-refractivity contribution in [3.8, 4) is 6.07 Å². The maximum atomic E-state index is 13.9. The number of pyridine rings is 1. The van der Waals surface area contributed by atoms with E-state index in [1.807, 2.05) is 6.07 Å². The molecule has 0 N–H and O–H groups in total. The minimum atomic E-state index is -4.59. The van der Waals surface area contributed by atoms with Gasteiger partial charge in [0.15, 0.2) is 0 Å². The average molecular weight is 512 g/mol. The molecule has 1 atom stereocenters. The highest BCUT2D eigenvalue weighted by molar-refractivity contribution is 6.30. The van der Waals surface area contributed by atoms with Crippen LogP contribution in [-0.2, 0) is 22.6 Å². The molecule has 10 heteroatoms. The van der Waals surface area contributed by atoms with E-state index < -0.39 is 30.4 Å². The summed E-state index contributed by atoms with van der Waals surface area (Å²) in [6, 6.07) is 16.5. The third kappa shape index (κ3) is 5.05. The molecule has 0 aliphatic carbocycles. The molecule has 1 amide bonds. The van der Waals surface area contributed by atoms with Gasteiger partial charge in [-0.3, -0.25) is 4.79 Å². The van der Waals surface area contributed by atoms with Crippen molar-refractivity contribution in [3.63, 3.8) is 0 Å². The van der Waals surface area contributed by atoms with Crippen molar-refractivity contribution >= 4 is 23.2 Å². The first-order valence-electron chi connectivity index (χ1n) is 10.8. The van der Waals surface area contributed by atoms with Crippen LogP contribution < -0.4 is 4.90 Å². The van der Waals surface area contributed by atoms with Crippen molar-refractivity contribution in [2.24, 2.45) is 0 Å². The van der Waals surface area contributed by atoms with Gasteiger partial charge in [0.1, 0.15) is 18.3 Å². The zero-order valence-electron chi connectivity index (χ0n) is 19.0. The van der Waals surface area contributed by atoms with Gasteiger partial charge in [-0.15, -0.1) is 0 Å². The molecule has 1 unspecified atom stereocenters. The molecule has 0 spiro atoms. The van der Waals surface area contributed by atoms with E-state index in [0.29, 0.717) is 27.4 Å². The third-order valence-corrected chi connectivity index (χ3v) is 6.11. The van der Waals surface area contributed by atoms with Crippen LogP contribution in [0.15, 0.2) is 72.6 Å². The quantitative estimate of drug-likeness (QED) is 0.434. The lowest BCUT2D eigenvalue weighted by molar-refractivity contribution is -0.141. The molecule has 0 saturated carbocycles. The summed E-state index contributed by atoms with van der Waals surface area (Å²) in [6.45, 7) is 0.575. The Bertz CT molecular complexity index is 1350. The van der Waals surface area contributed by atoms with E-state index in [4.69, 9.17) is 16.9 Å². The lowest BCUT2D eigenvalue weighted by Gasteiger charge is -2.40. The molecule has 4 rings (SSSR count). The Balaban J connectivity index is 1.78. The molecule has 1 aliphatic rings. The first kappa shape index (κ1) is 25.2. The van der Waals surface area contributed by atoms with Gasteiger partial charge in [0.05, 0.1) is 23.9 Å². The van der Waals surface area contributed by atoms with E-state index in [2.05, 4.69) is 4.98 Å². The maximum Gasteiger partial charge on any atom is 0.433 e. The van der Waals surface area contributed by atoms with Gasteiger partial charge in [0.25, 0.3) is 5.91 Å². The monoisotopic (exact) mass is 511 g/mol. The number of aryl methyl sites for hydroxylation is 1. The smallest absolute Gasteiger partial charge is 0.330 e. The van der Waals surface area contributed by atoms with E-state index in [1.165, 1.54) is 17.9 Å². The predicted molar refractivity (Wildman–Crippen MR) is 126 cm³/mol. The number of rotatable bonds is 5. The van der Waals surface area contributed by atoms with Crippen LogP contribution in [0.4, 0.5) is 18.9 Å². The SMILES string of the molecule is Cc1nc(C(F)(F)F)ccc1CN1C(=O)C(c2ccc(C#N)cc2)N(c2ccc(Cl)cc2)C=C1C[O]. The Morgan fingerprint density at radius 3 is 2.28 bits per heavy atom. The summed E-state index contributed by atoms with van der Waals surface area (Å²) in [5.41, 5.74) is 1.21. The molecule has 2 heterocycles. The second kappa shape index (κ2) is 10.0. The average Bonchev–Trinajstić information content (AvgIpc) is 2.86. The molecule has 183 valence electrons. The highest BCUT2D eigenvalue weighted by atomic mass is 35.5. The van der Waals surface area contributed by atoms with Gasteiger partial charge >= 0.3 is 6.18 Å². The first-order chi connectivity index (χ1) is 17.1. The summed E-state index contributed by atoms with van der Waals surface area (Å²) >= 11 is 6.02. The molecule has 6 nitrogen and oxygen atoms in total. The van der Waals surface area contributed by atoms with E-state index in [-0.39, 0.29) is 17.9 Å². The molecule has 0 bridgehead atoms. The van der Waals surface area contributed by atoms with Crippen molar-refractivity contribution in [2.75, 3.05) is 11.5 Å². The molecule has 2 aromatic carbocycles. The Hall–Kier alpha value is -3.87. The molecular formula is C26H19ClF3N4O2. The minimum Gasteiger partial charge on any atom is -0.330 e. The molecular weight excluding hydrogens is 493 g/mol. The van der Waals surface area contributed by atoms with Crippen molar-refractivity contribution in [1.29, 1.82) is 5.26 Å². The van der Waals surface area contributed by atoms with Gasteiger partial charge in [-0.05, 0) is 60.5 Å². The van der Waals surface area contributed by atoms with Crippen LogP contribution in [0.5, 0.6) is 0 Å². The van der Waals surface area contributed by atoms with Crippen LogP contribution in [0.1, 0.15) is 34.1 Å². The topological polar surface area (TPSA) is 80.1 Å². The first-order valence-corrected chi connectivity index (χ1v) is 11.2. The Kier molecular flexibility index (Phi) is 7.02. The number of nitrogens with zero attached hydrogens (tertiary/aromatic N) is 4. The van der Waals surface area contributed by atoms with Crippen LogP contribution in [0.25, 0.3) is 0 Å². The summed E-state index contributed by atoms with van der Waals surface area (Å²) < 4.78 is 39.1. The maximum absolute atomic E-state index is 13.9. The van der Waals surface area contributed by atoms with E-state index in [0.717, 1.165) is 6.07 Å².